The van der Waals surface area contributed by atoms with Gasteiger partial charge in [-0.2, -0.15) is 0 Å². The van der Waals surface area contributed by atoms with Gasteiger partial charge >= 0.3 is 0 Å². The van der Waals surface area contributed by atoms with Crippen LogP contribution in [0.5, 0.6) is 0 Å². The second-order valence-corrected chi connectivity index (χ2v) is 7.06. The smallest absolute Gasteiger partial charge is 0.234 e. The molecule has 4 aromatic rings. The van der Waals surface area contributed by atoms with Crippen LogP contribution < -0.4 is 5.32 Å². The topological polar surface area (TPSA) is 42.2 Å². The Bertz CT molecular complexity index is 1090. The maximum atomic E-state index is 13.6. The van der Waals surface area contributed by atoms with E-state index in [1.807, 2.05) is 41.0 Å². The Kier molecular flexibility index (Phi) is 3.94. The predicted octanol–water partition coefficient (Wildman–Crippen LogP) is 5.61. The molecule has 2 aromatic carbocycles. The van der Waals surface area contributed by atoms with Gasteiger partial charge in [0.1, 0.15) is 5.82 Å². The van der Waals surface area contributed by atoms with Crippen LogP contribution in [0.25, 0.3) is 16.2 Å². The first kappa shape index (κ1) is 16.1. The Balaban J connectivity index is 1.79. The highest BCUT2D eigenvalue weighted by atomic mass is 35.5. The van der Waals surface area contributed by atoms with Crippen molar-refractivity contribution in [2.75, 3.05) is 5.32 Å². The van der Waals surface area contributed by atoms with E-state index in [9.17, 15) is 4.39 Å². The molecule has 0 spiro atoms. The highest BCUT2D eigenvalue weighted by Crippen LogP contribution is 2.31. The van der Waals surface area contributed by atoms with Gasteiger partial charge in [0.2, 0.25) is 10.9 Å². The molecular weight excluding hydrogens is 359 g/mol. The summed E-state index contributed by atoms with van der Waals surface area (Å²) in [5.41, 5.74) is 4.27. The first-order valence-electron chi connectivity index (χ1n) is 7.65. The molecule has 2 heterocycles. The molecule has 0 aliphatic heterocycles. The number of halogens is 2. The molecule has 4 nitrogen and oxygen atoms in total. The zero-order valence-electron chi connectivity index (χ0n) is 13.5. The van der Waals surface area contributed by atoms with Crippen LogP contribution >= 0.6 is 22.9 Å². The summed E-state index contributed by atoms with van der Waals surface area (Å²) in [6, 6.07) is 10.8. The highest BCUT2D eigenvalue weighted by molar-refractivity contribution is 7.15. The maximum absolute atomic E-state index is 13.6. The lowest BCUT2D eigenvalue weighted by Gasteiger charge is -2.08. The fourth-order valence-corrected chi connectivity index (χ4v) is 3.62. The number of rotatable bonds is 3. The van der Waals surface area contributed by atoms with E-state index in [1.165, 1.54) is 17.4 Å². The first-order chi connectivity index (χ1) is 12.0. The van der Waals surface area contributed by atoms with Crippen molar-refractivity contribution >= 4 is 39.5 Å². The first-order valence-corrected chi connectivity index (χ1v) is 8.91. The summed E-state index contributed by atoms with van der Waals surface area (Å²) in [6.45, 7) is 3.71. The zero-order chi connectivity index (χ0) is 17.6. The van der Waals surface area contributed by atoms with Crippen LogP contribution in [-0.2, 0) is 0 Å². The minimum absolute atomic E-state index is 0.216. The molecule has 0 amide bonds. The second kappa shape index (κ2) is 6.13. The monoisotopic (exact) mass is 372 g/mol. The summed E-state index contributed by atoms with van der Waals surface area (Å²) in [5.74, 6) is 0.375. The summed E-state index contributed by atoms with van der Waals surface area (Å²) in [6.07, 6.45) is 0. The number of nitrogens with zero attached hydrogens (tertiary/aromatic N) is 3. The third kappa shape index (κ3) is 2.88. The van der Waals surface area contributed by atoms with E-state index < -0.39 is 0 Å². The van der Waals surface area contributed by atoms with Crippen LogP contribution in [0.3, 0.4) is 0 Å². The van der Waals surface area contributed by atoms with Crippen molar-refractivity contribution in [3.63, 3.8) is 0 Å². The van der Waals surface area contributed by atoms with Gasteiger partial charge in [-0.05, 0) is 60.9 Å². The van der Waals surface area contributed by atoms with Crippen molar-refractivity contribution in [1.29, 1.82) is 0 Å². The van der Waals surface area contributed by atoms with Gasteiger partial charge in [-0.3, -0.25) is 4.40 Å². The van der Waals surface area contributed by atoms with Crippen molar-refractivity contribution in [1.82, 2.24) is 14.6 Å². The maximum Gasteiger partial charge on any atom is 0.234 e. The van der Waals surface area contributed by atoms with Crippen LogP contribution in [0.2, 0.25) is 5.02 Å². The summed E-state index contributed by atoms with van der Waals surface area (Å²) in [5, 5.41) is 14.4. The van der Waals surface area contributed by atoms with Gasteiger partial charge in [-0.1, -0.05) is 17.7 Å². The molecule has 0 fully saturated rings. The zero-order valence-corrected chi connectivity index (χ0v) is 15.1. The molecule has 0 unspecified atom stereocenters. The third-order valence-corrected chi connectivity index (χ3v) is 5.26. The number of nitrogens with one attached hydrogen (secondary N) is 1. The largest absolute Gasteiger partial charge is 0.324 e. The Hall–Kier alpha value is -2.44. The number of aromatic nitrogens is 3. The number of benzene rings is 2. The standard InChI is InChI=1S/C18H14ClFN4S/c1-10-3-5-13(8-14(10)19)21-17-22-23-18-24(17)16(9-25-18)12-4-6-15(20)11(2)7-12/h3-9H,1-2H3,(H,21,22). The van der Waals surface area contributed by atoms with E-state index in [-0.39, 0.29) is 5.82 Å². The number of thiazole rings is 1. The molecule has 2 aromatic heterocycles. The van der Waals surface area contributed by atoms with Crippen molar-refractivity contribution < 1.29 is 4.39 Å². The fourth-order valence-electron chi connectivity index (χ4n) is 2.61. The Labute approximate surface area is 152 Å². The number of aryl methyl sites for hydroxylation is 2. The average molecular weight is 373 g/mol. The predicted molar refractivity (Wildman–Crippen MR) is 100 cm³/mol. The normalized spacial score (nSPS) is 11.2. The lowest BCUT2D eigenvalue weighted by molar-refractivity contribution is 0.619. The van der Waals surface area contributed by atoms with E-state index in [2.05, 4.69) is 15.5 Å². The van der Waals surface area contributed by atoms with Crippen LogP contribution in [0, 0.1) is 19.7 Å². The Morgan fingerprint density at radius 1 is 1.08 bits per heavy atom. The SMILES string of the molecule is Cc1cc(-c2csc3nnc(Nc4ccc(C)c(Cl)c4)n23)ccc1F. The lowest BCUT2D eigenvalue weighted by Crippen LogP contribution is -1.98. The van der Waals surface area contributed by atoms with E-state index in [4.69, 9.17) is 11.6 Å². The number of fused-ring (bicyclic) bond motifs is 1. The molecule has 7 heteroatoms. The summed E-state index contributed by atoms with van der Waals surface area (Å²) in [4.78, 5) is 0.762. The van der Waals surface area contributed by atoms with E-state index in [0.29, 0.717) is 16.5 Å². The molecule has 1 N–H and O–H groups in total. The van der Waals surface area contributed by atoms with Gasteiger partial charge < -0.3 is 5.32 Å². The minimum Gasteiger partial charge on any atom is -0.324 e. The highest BCUT2D eigenvalue weighted by Gasteiger charge is 2.14. The number of anilines is 2. The van der Waals surface area contributed by atoms with Crippen LogP contribution in [0.15, 0.2) is 41.8 Å². The Morgan fingerprint density at radius 3 is 2.68 bits per heavy atom. The summed E-state index contributed by atoms with van der Waals surface area (Å²) >= 11 is 7.68. The van der Waals surface area contributed by atoms with Crippen molar-refractivity contribution in [3.05, 3.63) is 63.7 Å². The van der Waals surface area contributed by atoms with Crippen LogP contribution in [-0.4, -0.2) is 14.6 Å². The average Bonchev–Trinajstić information content (AvgIpc) is 3.17. The summed E-state index contributed by atoms with van der Waals surface area (Å²) < 4.78 is 15.5. The van der Waals surface area contributed by atoms with E-state index in [1.54, 1.807) is 13.0 Å². The van der Waals surface area contributed by atoms with Gasteiger partial charge in [0.05, 0.1) is 5.69 Å². The molecule has 25 heavy (non-hydrogen) atoms. The van der Waals surface area contributed by atoms with E-state index >= 15 is 0 Å². The molecule has 0 aliphatic rings. The van der Waals surface area contributed by atoms with Crippen LogP contribution in [0.1, 0.15) is 11.1 Å². The molecule has 0 saturated heterocycles. The van der Waals surface area contributed by atoms with E-state index in [0.717, 1.165) is 27.5 Å². The molecule has 0 saturated carbocycles. The molecule has 126 valence electrons. The van der Waals surface area contributed by atoms with Crippen molar-refractivity contribution in [3.8, 4) is 11.3 Å². The molecule has 0 aliphatic carbocycles. The minimum atomic E-state index is -0.216. The van der Waals surface area contributed by atoms with Crippen LogP contribution in [0.4, 0.5) is 16.0 Å². The van der Waals surface area contributed by atoms with Gasteiger partial charge in [-0.15, -0.1) is 21.5 Å². The number of hydrogen-bond donors (Lipinski definition) is 1. The molecule has 0 atom stereocenters. The fraction of sp³-hybridized carbons (Fsp3) is 0.111. The third-order valence-electron chi connectivity index (χ3n) is 4.03. The van der Waals surface area contributed by atoms with Crippen molar-refractivity contribution in [2.45, 2.75) is 13.8 Å². The van der Waals surface area contributed by atoms with Gasteiger partial charge in [-0.25, -0.2) is 4.39 Å². The summed E-state index contributed by atoms with van der Waals surface area (Å²) in [7, 11) is 0. The number of hydrogen-bond acceptors (Lipinski definition) is 4. The molecule has 0 radical (unpaired) electrons. The van der Waals surface area contributed by atoms with Gasteiger partial charge in [0, 0.05) is 16.1 Å². The molecule has 4 rings (SSSR count). The molecule has 0 bridgehead atoms. The van der Waals surface area contributed by atoms with Gasteiger partial charge in [0.25, 0.3) is 0 Å². The van der Waals surface area contributed by atoms with Crippen molar-refractivity contribution in [2.24, 2.45) is 0 Å². The molecular formula is C18H14ClFN4S. The Morgan fingerprint density at radius 2 is 1.92 bits per heavy atom. The second-order valence-electron chi connectivity index (χ2n) is 5.82. The quantitative estimate of drug-likeness (QED) is 0.508. The van der Waals surface area contributed by atoms with Gasteiger partial charge in [0.15, 0.2) is 0 Å². The lowest BCUT2D eigenvalue weighted by atomic mass is 10.1.